The Morgan fingerprint density at radius 3 is 2.86 bits per heavy atom. The first-order valence-electron chi connectivity index (χ1n) is 12.1. The second-order valence-corrected chi connectivity index (χ2v) is 9.69. The second-order valence-electron chi connectivity index (χ2n) is 9.69. The zero-order chi connectivity index (χ0) is 25.0. The maximum atomic E-state index is 14.2. The Morgan fingerprint density at radius 2 is 2.03 bits per heavy atom. The van der Waals surface area contributed by atoms with Crippen LogP contribution in [0.2, 0.25) is 0 Å². The molecule has 1 N–H and O–H groups in total. The van der Waals surface area contributed by atoms with E-state index in [9.17, 15) is 19.5 Å². The fourth-order valence-corrected chi connectivity index (χ4v) is 5.97. The first-order valence-corrected chi connectivity index (χ1v) is 12.1. The van der Waals surface area contributed by atoms with Crippen molar-refractivity contribution in [3.05, 3.63) is 48.6 Å². The lowest BCUT2D eigenvalue weighted by molar-refractivity contribution is -0.156. The number of rotatable bonds is 4. The Hall–Kier alpha value is -3.57. The molecule has 188 valence electrons. The molecule has 11 heteroatoms. The Labute approximate surface area is 206 Å². The average molecular weight is 494 g/mol. The summed E-state index contributed by atoms with van der Waals surface area (Å²) in [6.45, 7) is 1.94. The number of aliphatic hydroxyl groups is 1. The Balaban J connectivity index is 1.42. The van der Waals surface area contributed by atoms with E-state index in [1.807, 2.05) is 30.3 Å². The number of hydrogen-bond donors (Lipinski definition) is 1. The number of amides is 2. The lowest BCUT2D eigenvalue weighted by atomic mass is 9.78. The molecule has 2 amide bonds. The maximum Gasteiger partial charge on any atom is 0.312 e. The van der Waals surface area contributed by atoms with Gasteiger partial charge < -0.3 is 24.4 Å². The van der Waals surface area contributed by atoms with Gasteiger partial charge >= 0.3 is 5.97 Å². The highest BCUT2D eigenvalue weighted by molar-refractivity contribution is 5.99. The van der Waals surface area contributed by atoms with Crippen LogP contribution >= 0.6 is 0 Å². The summed E-state index contributed by atoms with van der Waals surface area (Å²) in [6.07, 6.45) is 7.09. The third-order valence-electron chi connectivity index (χ3n) is 7.61. The number of nitrogens with zero attached hydrogens (tertiary/aromatic N) is 5. The number of cyclic esters (lactones) is 1. The third-order valence-corrected chi connectivity index (χ3v) is 7.61. The van der Waals surface area contributed by atoms with Gasteiger partial charge in [-0.05, 0) is 25.5 Å². The number of carbonyl (C=O) groups is 3. The van der Waals surface area contributed by atoms with E-state index in [2.05, 4.69) is 10.3 Å². The lowest BCUT2D eigenvalue weighted by Gasteiger charge is -2.37. The number of aromatic nitrogens is 3. The van der Waals surface area contributed by atoms with Crippen molar-refractivity contribution in [1.82, 2.24) is 24.8 Å². The van der Waals surface area contributed by atoms with E-state index in [1.165, 1.54) is 4.90 Å². The number of esters is 1. The quantitative estimate of drug-likeness (QED) is 0.475. The predicted octanol–water partition coefficient (Wildman–Crippen LogP) is 0.252. The molecule has 6 atom stereocenters. The van der Waals surface area contributed by atoms with Crippen molar-refractivity contribution in [3.8, 4) is 0 Å². The molecule has 0 aliphatic carbocycles. The van der Waals surface area contributed by atoms with Crippen molar-refractivity contribution in [2.24, 2.45) is 11.8 Å². The summed E-state index contributed by atoms with van der Waals surface area (Å²) < 4.78 is 13.5. The molecule has 2 aromatic rings. The first-order chi connectivity index (χ1) is 17.5. The Kier molecular flexibility index (Phi) is 5.41. The minimum absolute atomic E-state index is 0.116. The number of ether oxygens (including phenoxy) is 2. The molecule has 0 radical (unpaired) electrons. The Bertz CT molecular complexity index is 1290. The van der Waals surface area contributed by atoms with Crippen LogP contribution in [-0.4, -0.2) is 91.2 Å². The van der Waals surface area contributed by atoms with Crippen LogP contribution in [-0.2, 0) is 30.5 Å². The number of para-hydroxylation sites is 1. The molecule has 2 fully saturated rings. The van der Waals surface area contributed by atoms with Crippen molar-refractivity contribution in [3.63, 3.8) is 0 Å². The van der Waals surface area contributed by atoms with E-state index in [1.54, 1.807) is 34.7 Å². The monoisotopic (exact) mass is 493 g/mol. The van der Waals surface area contributed by atoms with Crippen LogP contribution in [0.3, 0.4) is 0 Å². The maximum absolute atomic E-state index is 14.2. The van der Waals surface area contributed by atoms with E-state index in [0.717, 1.165) is 5.52 Å². The van der Waals surface area contributed by atoms with Gasteiger partial charge in [0, 0.05) is 6.54 Å². The highest BCUT2D eigenvalue weighted by Crippen LogP contribution is 2.53. The van der Waals surface area contributed by atoms with Crippen LogP contribution < -0.4 is 0 Å². The molecule has 4 aliphatic heterocycles. The fraction of sp³-hybridized carbons (Fsp3) is 0.480. The van der Waals surface area contributed by atoms with Gasteiger partial charge in [0.05, 0.1) is 36.8 Å². The van der Waals surface area contributed by atoms with Crippen LogP contribution in [0.4, 0.5) is 0 Å². The van der Waals surface area contributed by atoms with Crippen molar-refractivity contribution in [2.45, 2.75) is 43.8 Å². The fourth-order valence-electron chi connectivity index (χ4n) is 5.97. The number of carbonyl (C=O) groups excluding carboxylic acids is 3. The highest BCUT2D eigenvalue weighted by Gasteiger charge is 2.72. The number of aliphatic hydroxyl groups excluding tert-OH is 1. The van der Waals surface area contributed by atoms with E-state index >= 15 is 0 Å². The van der Waals surface area contributed by atoms with Gasteiger partial charge in [-0.2, -0.15) is 0 Å². The van der Waals surface area contributed by atoms with Crippen molar-refractivity contribution in [1.29, 1.82) is 0 Å². The molecular formula is C25H27N5O6. The number of benzene rings is 1. The van der Waals surface area contributed by atoms with Gasteiger partial charge in [-0.25, -0.2) is 4.68 Å². The van der Waals surface area contributed by atoms with Gasteiger partial charge in [-0.1, -0.05) is 41.7 Å². The van der Waals surface area contributed by atoms with Gasteiger partial charge in [0.1, 0.15) is 29.7 Å². The molecule has 2 saturated heterocycles. The summed E-state index contributed by atoms with van der Waals surface area (Å²) in [7, 11) is 0. The summed E-state index contributed by atoms with van der Waals surface area (Å²) >= 11 is 0. The second kappa shape index (κ2) is 8.52. The SMILES string of the molecule is C[C@H](CO)N1C(=O)[C@@H]2[C@@H]3C(=O)OCCC=C[C@@H]3O[C@@]23C=CCN(Cn2nnc4ccccc42)C(=O)C13. The van der Waals surface area contributed by atoms with Crippen LogP contribution in [0, 0.1) is 11.8 Å². The summed E-state index contributed by atoms with van der Waals surface area (Å²) in [4.78, 5) is 44.0. The summed E-state index contributed by atoms with van der Waals surface area (Å²) in [5.41, 5.74) is 0.122. The standard InChI is InChI=1S/C25H27N5O6/c1-15(13-31)30-21-23(33)28(14-29-17-8-3-2-7-16(17)26-27-29)11-6-10-25(21)20(22(30)32)19-18(36-25)9-4-5-12-35-24(19)34/h2-4,6-10,15,18-21,31H,5,11-14H2,1H3/t15-,18+,19-,20+,21?,25+/m1/s1. The molecule has 6 rings (SSSR count). The minimum atomic E-state index is -1.36. The molecular weight excluding hydrogens is 466 g/mol. The lowest BCUT2D eigenvalue weighted by Crippen LogP contribution is -2.57. The normalized spacial score (nSPS) is 32.6. The van der Waals surface area contributed by atoms with E-state index < -0.39 is 47.5 Å². The number of fused-ring (bicyclic) bond motifs is 3. The summed E-state index contributed by atoms with van der Waals surface area (Å²) in [5.74, 6) is -3.07. The Morgan fingerprint density at radius 1 is 1.19 bits per heavy atom. The smallest absolute Gasteiger partial charge is 0.312 e. The van der Waals surface area contributed by atoms with Crippen LogP contribution in [0.1, 0.15) is 13.3 Å². The van der Waals surface area contributed by atoms with Gasteiger partial charge in [0.25, 0.3) is 5.91 Å². The first kappa shape index (κ1) is 22.9. The third kappa shape index (κ3) is 3.22. The molecule has 1 spiro atoms. The van der Waals surface area contributed by atoms with Crippen molar-refractivity contribution in [2.75, 3.05) is 19.8 Å². The molecule has 4 aliphatic rings. The minimum Gasteiger partial charge on any atom is -0.465 e. The summed E-state index contributed by atoms with van der Waals surface area (Å²) in [6, 6.07) is 5.74. The molecule has 5 heterocycles. The van der Waals surface area contributed by atoms with Crippen LogP contribution in [0.15, 0.2) is 48.6 Å². The van der Waals surface area contributed by atoms with Gasteiger partial charge in [0.15, 0.2) is 0 Å². The zero-order valence-electron chi connectivity index (χ0n) is 19.8. The highest BCUT2D eigenvalue weighted by atomic mass is 16.6. The zero-order valence-corrected chi connectivity index (χ0v) is 19.8. The largest absolute Gasteiger partial charge is 0.465 e. The molecule has 36 heavy (non-hydrogen) atoms. The molecule has 1 unspecified atom stereocenters. The molecule has 1 aromatic heterocycles. The van der Waals surface area contributed by atoms with Gasteiger partial charge in [0.2, 0.25) is 5.91 Å². The average Bonchev–Trinajstić information content (AvgIpc) is 3.46. The topological polar surface area (TPSA) is 127 Å². The number of hydrogen-bond acceptors (Lipinski definition) is 8. The molecule has 0 saturated carbocycles. The van der Waals surface area contributed by atoms with E-state index in [4.69, 9.17) is 9.47 Å². The van der Waals surface area contributed by atoms with Gasteiger partial charge in [-0.3, -0.25) is 14.4 Å². The van der Waals surface area contributed by atoms with Crippen molar-refractivity contribution >= 4 is 28.8 Å². The number of likely N-dealkylation sites (tertiary alicyclic amines) is 1. The van der Waals surface area contributed by atoms with E-state index in [0.29, 0.717) is 11.9 Å². The van der Waals surface area contributed by atoms with Gasteiger partial charge in [-0.15, -0.1) is 5.10 Å². The van der Waals surface area contributed by atoms with Crippen molar-refractivity contribution < 1.29 is 29.0 Å². The van der Waals surface area contributed by atoms with Crippen LogP contribution in [0.5, 0.6) is 0 Å². The molecule has 11 nitrogen and oxygen atoms in total. The molecule has 1 aromatic carbocycles. The van der Waals surface area contributed by atoms with E-state index in [-0.39, 0.29) is 32.3 Å². The molecule has 0 bridgehead atoms. The summed E-state index contributed by atoms with van der Waals surface area (Å²) in [5, 5.41) is 18.4. The predicted molar refractivity (Wildman–Crippen MR) is 125 cm³/mol. The van der Waals surface area contributed by atoms with Crippen LogP contribution in [0.25, 0.3) is 11.0 Å².